The van der Waals surface area contributed by atoms with Crippen molar-refractivity contribution in [2.45, 2.75) is 24.9 Å². The molecule has 1 aliphatic rings. The minimum Gasteiger partial charge on any atom is -0.465 e. The molecule has 5 N–H and O–H groups in total. The molecule has 1 aromatic heterocycles. The van der Waals surface area contributed by atoms with Gasteiger partial charge in [0.25, 0.3) is 5.91 Å². The number of benzene rings is 3. The fraction of sp³-hybridized carbons (Fsp3) is 0.207. The summed E-state index contributed by atoms with van der Waals surface area (Å²) in [4.78, 5) is 43.0. The number of rotatable bonds is 7. The molecule has 2 heterocycles. The molecule has 1 unspecified atom stereocenters. The van der Waals surface area contributed by atoms with E-state index in [0.717, 1.165) is 27.8 Å². The van der Waals surface area contributed by atoms with Crippen LogP contribution in [0.4, 0.5) is 16.2 Å². The molecular weight excluding hydrogens is 482 g/mol. The van der Waals surface area contributed by atoms with Crippen molar-refractivity contribution < 1.29 is 19.5 Å². The number of fused-ring (bicyclic) bond motifs is 1. The molecule has 4 aromatic rings. The molecule has 0 saturated carbocycles. The molecule has 0 spiro atoms. The Balaban J connectivity index is 1.32. The molecule has 2 atom stereocenters. The number of nitrogens with one attached hydrogen (secondary N) is 4. The van der Waals surface area contributed by atoms with Crippen LogP contribution in [0.1, 0.15) is 24.4 Å². The number of likely N-dealkylation sites (tertiary alicyclic amines) is 1. The third kappa shape index (κ3) is 5.17. The molecule has 5 rings (SSSR count). The first-order chi connectivity index (χ1) is 18.4. The highest BCUT2D eigenvalue weighted by Gasteiger charge is 2.38. The molecule has 1 saturated heterocycles. The Morgan fingerprint density at radius 1 is 0.974 bits per heavy atom. The average Bonchev–Trinajstić information content (AvgIpc) is 3.59. The number of amides is 3. The van der Waals surface area contributed by atoms with E-state index in [1.807, 2.05) is 55.6 Å². The number of hydrogen-bond donors (Lipinski definition) is 5. The second-order valence-corrected chi connectivity index (χ2v) is 9.28. The van der Waals surface area contributed by atoms with Gasteiger partial charge in [-0.1, -0.05) is 42.5 Å². The lowest BCUT2D eigenvalue weighted by molar-refractivity contribution is -0.138. The van der Waals surface area contributed by atoms with Crippen LogP contribution in [0, 0.1) is 0 Å². The van der Waals surface area contributed by atoms with E-state index in [9.17, 15) is 19.5 Å². The highest BCUT2D eigenvalue weighted by molar-refractivity contribution is 6.00. The van der Waals surface area contributed by atoms with E-state index in [4.69, 9.17) is 0 Å². The standard InChI is InChI=1S/C29H29N5O4/c1-30-21-11-9-18(10-12-21)24-17-20-16-22(13-14-23(20)32-24)31-27(35)25-8-5-15-34(25)28(36)26(33-29(37)38)19-6-3-2-4-7-19/h2-4,6-7,9-14,16-17,25-26,30,32-33H,5,8,15H2,1H3,(H,31,35)(H,37,38)/t25-,26?/m0/s1. The Morgan fingerprint density at radius 2 is 1.71 bits per heavy atom. The molecule has 1 fully saturated rings. The van der Waals surface area contributed by atoms with Crippen molar-refractivity contribution in [3.8, 4) is 11.3 Å². The molecule has 38 heavy (non-hydrogen) atoms. The predicted octanol–water partition coefficient (Wildman–Crippen LogP) is 4.82. The molecule has 9 nitrogen and oxygen atoms in total. The van der Waals surface area contributed by atoms with Gasteiger partial charge < -0.3 is 30.9 Å². The van der Waals surface area contributed by atoms with Crippen molar-refractivity contribution in [1.29, 1.82) is 0 Å². The van der Waals surface area contributed by atoms with Crippen LogP contribution in [-0.4, -0.2) is 52.5 Å². The SMILES string of the molecule is CNc1ccc(-c2cc3cc(NC(=O)[C@@H]4CCCN4C(=O)C(NC(=O)O)c4ccccc4)ccc3[nH]2)cc1. The van der Waals surface area contributed by atoms with E-state index >= 15 is 0 Å². The molecule has 0 bridgehead atoms. The van der Waals surface area contributed by atoms with Gasteiger partial charge in [0.1, 0.15) is 12.1 Å². The molecule has 0 radical (unpaired) electrons. The quantitative estimate of drug-likeness (QED) is 0.243. The summed E-state index contributed by atoms with van der Waals surface area (Å²) < 4.78 is 0. The van der Waals surface area contributed by atoms with E-state index in [-0.39, 0.29) is 5.91 Å². The van der Waals surface area contributed by atoms with E-state index in [0.29, 0.717) is 30.6 Å². The van der Waals surface area contributed by atoms with Crippen molar-refractivity contribution in [2.75, 3.05) is 24.2 Å². The number of H-pyrrole nitrogens is 1. The number of carbonyl (C=O) groups excluding carboxylic acids is 2. The molecule has 1 aliphatic heterocycles. The second kappa shape index (κ2) is 10.7. The second-order valence-electron chi connectivity index (χ2n) is 9.28. The summed E-state index contributed by atoms with van der Waals surface area (Å²) in [6.45, 7) is 0.383. The summed E-state index contributed by atoms with van der Waals surface area (Å²) in [5.74, 6) is -0.734. The Kier molecular flexibility index (Phi) is 6.99. The first-order valence-corrected chi connectivity index (χ1v) is 12.5. The maximum atomic E-state index is 13.4. The Morgan fingerprint density at radius 3 is 2.42 bits per heavy atom. The highest BCUT2D eigenvalue weighted by Crippen LogP contribution is 2.29. The lowest BCUT2D eigenvalue weighted by Gasteiger charge is -2.28. The van der Waals surface area contributed by atoms with E-state index < -0.39 is 24.1 Å². The van der Waals surface area contributed by atoms with Crippen LogP contribution in [0.25, 0.3) is 22.2 Å². The van der Waals surface area contributed by atoms with Crippen molar-refractivity contribution in [3.63, 3.8) is 0 Å². The zero-order valence-electron chi connectivity index (χ0n) is 20.9. The zero-order valence-corrected chi connectivity index (χ0v) is 20.9. The van der Waals surface area contributed by atoms with Gasteiger partial charge in [-0.3, -0.25) is 9.59 Å². The van der Waals surface area contributed by atoms with Crippen LogP contribution >= 0.6 is 0 Å². The van der Waals surface area contributed by atoms with Crippen molar-refractivity contribution in [1.82, 2.24) is 15.2 Å². The predicted molar refractivity (Wildman–Crippen MR) is 147 cm³/mol. The van der Waals surface area contributed by atoms with Crippen LogP contribution in [0.2, 0.25) is 0 Å². The van der Waals surface area contributed by atoms with E-state index in [1.165, 1.54) is 4.90 Å². The number of aromatic amines is 1. The maximum Gasteiger partial charge on any atom is 0.405 e. The number of aromatic nitrogens is 1. The van der Waals surface area contributed by atoms with Gasteiger partial charge in [0.05, 0.1) is 0 Å². The number of nitrogens with zero attached hydrogens (tertiary/aromatic N) is 1. The lowest BCUT2D eigenvalue weighted by Crippen LogP contribution is -2.48. The molecule has 194 valence electrons. The third-order valence-electron chi connectivity index (χ3n) is 6.86. The normalized spacial score (nSPS) is 15.7. The number of hydrogen-bond acceptors (Lipinski definition) is 4. The van der Waals surface area contributed by atoms with Gasteiger partial charge in [0.15, 0.2) is 0 Å². The Bertz CT molecular complexity index is 1470. The topological polar surface area (TPSA) is 127 Å². The van der Waals surface area contributed by atoms with Crippen molar-refractivity contribution >= 4 is 40.2 Å². The average molecular weight is 512 g/mol. The summed E-state index contributed by atoms with van der Waals surface area (Å²) in [5.41, 5.74) is 5.15. The third-order valence-corrected chi connectivity index (χ3v) is 6.86. The fourth-order valence-electron chi connectivity index (χ4n) is 4.93. The molecule has 0 aliphatic carbocycles. The van der Waals surface area contributed by atoms with Gasteiger partial charge in [-0.05, 0) is 60.4 Å². The summed E-state index contributed by atoms with van der Waals surface area (Å²) in [5, 5.41) is 18.6. The largest absolute Gasteiger partial charge is 0.465 e. The van der Waals surface area contributed by atoms with Gasteiger partial charge >= 0.3 is 6.09 Å². The summed E-state index contributed by atoms with van der Waals surface area (Å²) in [6, 6.07) is 22.7. The van der Waals surface area contributed by atoms with Crippen LogP contribution in [0.5, 0.6) is 0 Å². The monoisotopic (exact) mass is 511 g/mol. The zero-order chi connectivity index (χ0) is 26.6. The number of anilines is 2. The van der Waals surface area contributed by atoms with Gasteiger partial charge in [-0.2, -0.15) is 0 Å². The minimum atomic E-state index is -1.30. The first-order valence-electron chi connectivity index (χ1n) is 12.5. The maximum absolute atomic E-state index is 13.4. The van der Waals surface area contributed by atoms with Gasteiger partial charge in [0.2, 0.25) is 5.91 Å². The smallest absolute Gasteiger partial charge is 0.405 e. The highest BCUT2D eigenvalue weighted by atomic mass is 16.4. The number of carboxylic acid groups (broad SMARTS) is 1. The minimum absolute atomic E-state index is 0.296. The van der Waals surface area contributed by atoms with Crippen LogP contribution in [0.15, 0.2) is 78.9 Å². The number of carbonyl (C=O) groups is 3. The summed E-state index contributed by atoms with van der Waals surface area (Å²) in [7, 11) is 1.88. The van der Waals surface area contributed by atoms with E-state index in [1.54, 1.807) is 30.3 Å². The van der Waals surface area contributed by atoms with Gasteiger partial charge in [-0.25, -0.2) is 4.79 Å². The first kappa shape index (κ1) is 24.9. The van der Waals surface area contributed by atoms with Gasteiger partial charge in [0, 0.05) is 41.6 Å². The molecular formula is C29H29N5O4. The molecule has 3 amide bonds. The summed E-state index contributed by atoms with van der Waals surface area (Å²) >= 11 is 0. The van der Waals surface area contributed by atoms with Crippen molar-refractivity contribution in [3.05, 3.63) is 84.4 Å². The Hall–Kier alpha value is -4.79. The van der Waals surface area contributed by atoms with E-state index in [2.05, 4.69) is 20.9 Å². The van der Waals surface area contributed by atoms with Crippen LogP contribution in [-0.2, 0) is 9.59 Å². The fourth-order valence-corrected chi connectivity index (χ4v) is 4.93. The summed E-state index contributed by atoms with van der Waals surface area (Å²) in [6.07, 6.45) is -0.138. The molecule has 9 heteroatoms. The molecule has 3 aromatic carbocycles. The van der Waals surface area contributed by atoms with Crippen LogP contribution < -0.4 is 16.0 Å². The van der Waals surface area contributed by atoms with Gasteiger partial charge in [-0.15, -0.1) is 0 Å². The van der Waals surface area contributed by atoms with Crippen molar-refractivity contribution in [2.24, 2.45) is 0 Å². The Labute approximate surface area is 219 Å². The lowest BCUT2D eigenvalue weighted by atomic mass is 10.0. The van der Waals surface area contributed by atoms with Crippen LogP contribution in [0.3, 0.4) is 0 Å².